The number of anilines is 1. The van der Waals surface area contributed by atoms with Gasteiger partial charge in [0.25, 0.3) is 5.91 Å². The highest BCUT2D eigenvalue weighted by Gasteiger charge is 2.21. The van der Waals surface area contributed by atoms with Crippen molar-refractivity contribution in [2.24, 2.45) is 0 Å². The fourth-order valence-electron chi connectivity index (χ4n) is 2.75. The largest absolute Gasteiger partial charge is 0.371 e. The SMILES string of the molecule is Cc1cc(C(=O)NC2CCN(c3ccccc3)CC2)cs1. The summed E-state index contributed by atoms with van der Waals surface area (Å²) in [5.74, 6) is 0.0671. The second-order valence-electron chi connectivity index (χ2n) is 5.52. The van der Waals surface area contributed by atoms with Crippen molar-refractivity contribution in [3.8, 4) is 0 Å². The number of aryl methyl sites for hydroxylation is 1. The Bertz CT molecular complexity index is 600. The number of rotatable bonds is 3. The molecule has 4 heteroatoms. The Kier molecular flexibility index (Phi) is 4.25. The van der Waals surface area contributed by atoms with Crippen molar-refractivity contribution >= 4 is 22.9 Å². The van der Waals surface area contributed by atoms with Gasteiger partial charge in [0.15, 0.2) is 0 Å². The molecule has 1 N–H and O–H groups in total. The lowest BCUT2D eigenvalue weighted by atomic mass is 10.0. The summed E-state index contributed by atoms with van der Waals surface area (Å²) in [6.45, 7) is 4.02. The van der Waals surface area contributed by atoms with E-state index in [1.807, 2.05) is 24.4 Å². The molecule has 1 aliphatic rings. The molecule has 110 valence electrons. The van der Waals surface area contributed by atoms with Crippen LogP contribution in [0.3, 0.4) is 0 Å². The molecular formula is C17H20N2OS. The van der Waals surface area contributed by atoms with Crippen molar-refractivity contribution in [3.05, 3.63) is 52.2 Å². The molecule has 3 rings (SSSR count). The van der Waals surface area contributed by atoms with Crippen LogP contribution in [0.2, 0.25) is 0 Å². The second-order valence-corrected chi connectivity index (χ2v) is 6.63. The highest BCUT2D eigenvalue weighted by molar-refractivity contribution is 7.10. The average Bonchev–Trinajstić information content (AvgIpc) is 2.96. The van der Waals surface area contributed by atoms with Gasteiger partial charge in [-0.3, -0.25) is 4.79 Å². The van der Waals surface area contributed by atoms with Gasteiger partial charge in [-0.05, 0) is 38.0 Å². The predicted molar refractivity (Wildman–Crippen MR) is 88.2 cm³/mol. The smallest absolute Gasteiger partial charge is 0.252 e. The number of para-hydroxylation sites is 1. The molecule has 1 aliphatic heterocycles. The van der Waals surface area contributed by atoms with E-state index in [0.717, 1.165) is 31.5 Å². The van der Waals surface area contributed by atoms with E-state index in [0.29, 0.717) is 0 Å². The van der Waals surface area contributed by atoms with Crippen molar-refractivity contribution in [1.82, 2.24) is 5.32 Å². The molecule has 2 heterocycles. The number of hydrogen-bond acceptors (Lipinski definition) is 3. The zero-order chi connectivity index (χ0) is 14.7. The zero-order valence-corrected chi connectivity index (χ0v) is 13.0. The van der Waals surface area contributed by atoms with Crippen molar-refractivity contribution in [1.29, 1.82) is 0 Å². The Labute approximate surface area is 129 Å². The normalized spacial score (nSPS) is 16.0. The molecule has 2 aromatic rings. The Morgan fingerprint density at radius 2 is 1.95 bits per heavy atom. The fraction of sp³-hybridized carbons (Fsp3) is 0.353. The maximum atomic E-state index is 12.2. The highest BCUT2D eigenvalue weighted by Crippen LogP contribution is 2.20. The van der Waals surface area contributed by atoms with Gasteiger partial charge in [-0.15, -0.1) is 11.3 Å². The summed E-state index contributed by atoms with van der Waals surface area (Å²) in [5.41, 5.74) is 2.07. The number of thiophene rings is 1. The molecule has 0 aliphatic carbocycles. The Hall–Kier alpha value is -1.81. The van der Waals surface area contributed by atoms with Crippen LogP contribution in [0.5, 0.6) is 0 Å². The summed E-state index contributed by atoms with van der Waals surface area (Å²) < 4.78 is 0. The van der Waals surface area contributed by atoms with Gasteiger partial charge in [-0.25, -0.2) is 0 Å². The molecular weight excluding hydrogens is 280 g/mol. The van der Waals surface area contributed by atoms with Gasteiger partial charge in [0.05, 0.1) is 5.56 Å². The monoisotopic (exact) mass is 300 g/mol. The van der Waals surface area contributed by atoms with Crippen LogP contribution in [-0.2, 0) is 0 Å². The maximum Gasteiger partial charge on any atom is 0.252 e. The quantitative estimate of drug-likeness (QED) is 0.941. The maximum absolute atomic E-state index is 12.2. The van der Waals surface area contributed by atoms with Crippen molar-refractivity contribution < 1.29 is 4.79 Å². The van der Waals surface area contributed by atoms with Gasteiger partial charge in [-0.1, -0.05) is 18.2 Å². The van der Waals surface area contributed by atoms with E-state index in [2.05, 4.69) is 34.5 Å². The summed E-state index contributed by atoms with van der Waals surface area (Å²) in [7, 11) is 0. The number of carbonyl (C=O) groups is 1. The minimum absolute atomic E-state index is 0.0671. The van der Waals surface area contributed by atoms with Crippen molar-refractivity contribution in [3.63, 3.8) is 0 Å². The van der Waals surface area contributed by atoms with Crippen LogP contribution in [0.1, 0.15) is 28.1 Å². The minimum Gasteiger partial charge on any atom is -0.371 e. The first kappa shape index (κ1) is 14.1. The fourth-order valence-corrected chi connectivity index (χ4v) is 3.44. The molecule has 1 amide bonds. The Morgan fingerprint density at radius 3 is 2.57 bits per heavy atom. The Balaban J connectivity index is 1.53. The standard InChI is InChI=1S/C17H20N2OS/c1-13-11-14(12-21-13)17(20)18-15-7-9-19(10-8-15)16-5-3-2-4-6-16/h2-6,11-12,15H,7-10H2,1H3,(H,18,20). The van der Waals surface area contributed by atoms with E-state index in [1.165, 1.54) is 10.6 Å². The number of nitrogens with zero attached hydrogens (tertiary/aromatic N) is 1. The van der Waals surface area contributed by atoms with E-state index < -0.39 is 0 Å². The Morgan fingerprint density at radius 1 is 1.24 bits per heavy atom. The molecule has 3 nitrogen and oxygen atoms in total. The van der Waals surface area contributed by atoms with Gasteiger partial charge in [0.1, 0.15) is 0 Å². The molecule has 0 radical (unpaired) electrons. The lowest BCUT2D eigenvalue weighted by molar-refractivity contribution is 0.0931. The van der Waals surface area contributed by atoms with E-state index in [-0.39, 0.29) is 11.9 Å². The van der Waals surface area contributed by atoms with Crippen molar-refractivity contribution in [2.45, 2.75) is 25.8 Å². The number of nitrogens with one attached hydrogen (secondary N) is 1. The van der Waals surface area contributed by atoms with Gasteiger partial charge in [-0.2, -0.15) is 0 Å². The third-order valence-corrected chi connectivity index (χ3v) is 4.81. The van der Waals surface area contributed by atoms with Crippen LogP contribution >= 0.6 is 11.3 Å². The molecule has 0 saturated carbocycles. The topological polar surface area (TPSA) is 32.3 Å². The summed E-state index contributed by atoms with van der Waals surface area (Å²) in [5, 5.41) is 5.10. The molecule has 0 unspecified atom stereocenters. The molecule has 1 aromatic carbocycles. The summed E-state index contributed by atoms with van der Waals surface area (Å²) in [4.78, 5) is 15.7. The minimum atomic E-state index is 0.0671. The lowest BCUT2D eigenvalue weighted by Gasteiger charge is -2.33. The van der Waals surface area contributed by atoms with Gasteiger partial charge < -0.3 is 10.2 Å². The highest BCUT2D eigenvalue weighted by atomic mass is 32.1. The molecule has 21 heavy (non-hydrogen) atoms. The van der Waals surface area contributed by atoms with E-state index >= 15 is 0 Å². The first-order valence-electron chi connectivity index (χ1n) is 7.38. The van der Waals surface area contributed by atoms with Crippen LogP contribution in [-0.4, -0.2) is 25.0 Å². The molecule has 0 spiro atoms. The number of benzene rings is 1. The third-order valence-electron chi connectivity index (χ3n) is 3.94. The number of carbonyl (C=O) groups excluding carboxylic acids is 1. The van der Waals surface area contributed by atoms with Gasteiger partial charge >= 0.3 is 0 Å². The molecule has 0 bridgehead atoms. The second kappa shape index (κ2) is 6.31. The summed E-state index contributed by atoms with van der Waals surface area (Å²) >= 11 is 1.62. The summed E-state index contributed by atoms with van der Waals surface area (Å²) in [6, 6.07) is 12.7. The van der Waals surface area contributed by atoms with Crippen LogP contribution in [0.15, 0.2) is 41.8 Å². The predicted octanol–water partition coefficient (Wildman–Crippen LogP) is 3.46. The average molecular weight is 300 g/mol. The first-order chi connectivity index (χ1) is 10.2. The van der Waals surface area contributed by atoms with Crippen LogP contribution in [0, 0.1) is 6.92 Å². The molecule has 1 aromatic heterocycles. The lowest BCUT2D eigenvalue weighted by Crippen LogP contribution is -2.44. The van der Waals surface area contributed by atoms with Crippen LogP contribution in [0.25, 0.3) is 0 Å². The number of amides is 1. The molecule has 1 fully saturated rings. The van der Waals surface area contributed by atoms with E-state index in [1.54, 1.807) is 11.3 Å². The van der Waals surface area contributed by atoms with E-state index in [9.17, 15) is 4.79 Å². The number of hydrogen-bond donors (Lipinski definition) is 1. The summed E-state index contributed by atoms with van der Waals surface area (Å²) in [6.07, 6.45) is 2.01. The van der Waals surface area contributed by atoms with E-state index in [4.69, 9.17) is 0 Å². The van der Waals surface area contributed by atoms with Gasteiger partial charge in [0, 0.05) is 35.1 Å². The zero-order valence-electron chi connectivity index (χ0n) is 12.2. The number of piperidine rings is 1. The third kappa shape index (κ3) is 3.45. The van der Waals surface area contributed by atoms with Crippen LogP contribution in [0.4, 0.5) is 5.69 Å². The molecule has 1 saturated heterocycles. The van der Waals surface area contributed by atoms with Crippen LogP contribution < -0.4 is 10.2 Å². The van der Waals surface area contributed by atoms with Crippen molar-refractivity contribution in [2.75, 3.05) is 18.0 Å². The molecule has 0 atom stereocenters. The van der Waals surface area contributed by atoms with Gasteiger partial charge in [0.2, 0.25) is 0 Å². The first-order valence-corrected chi connectivity index (χ1v) is 8.26.